The maximum absolute atomic E-state index is 2.57. The molecule has 316 valence electrons. The average Bonchev–Trinajstić information content (AvgIpc) is 3.95. The van der Waals surface area contributed by atoms with Crippen LogP contribution >= 0.6 is 11.3 Å². The highest BCUT2D eigenvalue weighted by atomic mass is 32.1. The van der Waals surface area contributed by atoms with Crippen LogP contribution in [-0.4, -0.2) is 0 Å². The van der Waals surface area contributed by atoms with Gasteiger partial charge in [0.1, 0.15) is 0 Å². The van der Waals surface area contributed by atoms with Crippen molar-refractivity contribution in [2.24, 2.45) is 5.92 Å². The van der Waals surface area contributed by atoms with Crippen molar-refractivity contribution in [3.8, 4) is 44.5 Å². The number of rotatable bonds is 8. The lowest BCUT2D eigenvalue weighted by atomic mass is 9.61. The molecule has 2 atom stereocenters. The van der Waals surface area contributed by atoms with Gasteiger partial charge >= 0.3 is 0 Å². The van der Waals surface area contributed by atoms with Crippen LogP contribution in [0.4, 0.5) is 17.1 Å². The summed E-state index contributed by atoms with van der Waals surface area (Å²) in [6, 6.07) is 85.8. The topological polar surface area (TPSA) is 3.24 Å². The van der Waals surface area contributed by atoms with Crippen LogP contribution in [0.1, 0.15) is 23.1 Å². The van der Waals surface area contributed by atoms with Crippen molar-refractivity contribution >= 4 is 59.3 Å². The fourth-order valence-electron chi connectivity index (χ4n) is 11.5. The van der Waals surface area contributed by atoms with E-state index in [1.807, 2.05) is 11.3 Å². The number of fused-ring (bicyclic) bond motifs is 8. The van der Waals surface area contributed by atoms with Crippen LogP contribution in [0.2, 0.25) is 0 Å². The highest BCUT2D eigenvalue weighted by molar-refractivity contribution is 7.26. The lowest BCUT2D eigenvalue weighted by Crippen LogP contribution is -2.36. The summed E-state index contributed by atoms with van der Waals surface area (Å²) in [5.74, 6) is 0.177. The Bertz CT molecular complexity index is 3700. The summed E-state index contributed by atoms with van der Waals surface area (Å²) in [5, 5.41) is 5.15. The SMILES string of the molecule is C1=CCC(C2(c3ccccc3)c3ccccc3-c3c(N(c4ccc(-c5ccccc5)cc4)c4ccc(-c5cccc6c5sc5ccccc56)cc4)c(-c4ccccc4)c4ccccc4c32)C=C1. The van der Waals surface area contributed by atoms with Gasteiger partial charge in [-0.25, -0.2) is 0 Å². The molecule has 0 saturated carbocycles. The van der Waals surface area contributed by atoms with E-state index in [0.717, 1.165) is 17.8 Å². The zero-order chi connectivity index (χ0) is 44.3. The maximum Gasteiger partial charge on any atom is 0.0628 e. The summed E-state index contributed by atoms with van der Waals surface area (Å²) in [4.78, 5) is 2.57. The van der Waals surface area contributed by atoms with E-state index in [-0.39, 0.29) is 5.92 Å². The third-order valence-electron chi connectivity index (χ3n) is 14.3. The maximum atomic E-state index is 2.57. The molecule has 0 bridgehead atoms. The third kappa shape index (κ3) is 6.21. The van der Waals surface area contributed by atoms with E-state index in [1.54, 1.807) is 0 Å². The summed E-state index contributed by atoms with van der Waals surface area (Å²) in [6.45, 7) is 0. The van der Waals surface area contributed by atoms with Crippen molar-refractivity contribution < 1.29 is 0 Å². The number of thiophene rings is 1. The molecule has 1 heterocycles. The Hall–Kier alpha value is -8.04. The van der Waals surface area contributed by atoms with Crippen molar-refractivity contribution in [2.75, 3.05) is 4.90 Å². The van der Waals surface area contributed by atoms with Gasteiger partial charge in [-0.2, -0.15) is 0 Å². The molecule has 1 aromatic heterocycles. The van der Waals surface area contributed by atoms with Crippen LogP contribution < -0.4 is 4.90 Å². The molecule has 2 unspecified atom stereocenters. The number of nitrogens with zero attached hydrogens (tertiary/aromatic N) is 1. The molecule has 0 spiro atoms. The highest BCUT2D eigenvalue weighted by Gasteiger charge is 2.52. The van der Waals surface area contributed by atoms with Crippen LogP contribution in [0.15, 0.2) is 255 Å². The van der Waals surface area contributed by atoms with Gasteiger partial charge in [-0.1, -0.05) is 224 Å². The Morgan fingerprint density at radius 2 is 0.985 bits per heavy atom. The van der Waals surface area contributed by atoms with Gasteiger partial charge in [-0.15, -0.1) is 11.3 Å². The van der Waals surface area contributed by atoms with E-state index in [1.165, 1.54) is 97.8 Å². The first-order valence-electron chi connectivity index (χ1n) is 23.4. The number of allylic oxidation sites excluding steroid dienone is 4. The third-order valence-corrected chi connectivity index (χ3v) is 15.6. The molecule has 0 N–H and O–H groups in total. The molecule has 0 fully saturated rings. The molecule has 2 aliphatic rings. The van der Waals surface area contributed by atoms with E-state index in [0.29, 0.717) is 0 Å². The Morgan fingerprint density at radius 1 is 0.418 bits per heavy atom. The van der Waals surface area contributed by atoms with Crippen LogP contribution in [0, 0.1) is 5.92 Å². The molecule has 0 radical (unpaired) electrons. The van der Waals surface area contributed by atoms with Gasteiger partial charge in [0.05, 0.1) is 11.1 Å². The molecule has 2 aliphatic carbocycles. The van der Waals surface area contributed by atoms with Gasteiger partial charge in [-0.3, -0.25) is 0 Å². The molecule has 10 aromatic carbocycles. The number of anilines is 3. The van der Waals surface area contributed by atoms with Crippen molar-refractivity contribution in [1.82, 2.24) is 0 Å². The van der Waals surface area contributed by atoms with E-state index in [2.05, 4.69) is 260 Å². The Labute approximate surface area is 395 Å². The molecular weight excluding hydrogens is 827 g/mol. The Balaban J connectivity index is 1.14. The smallest absolute Gasteiger partial charge is 0.0628 e. The van der Waals surface area contributed by atoms with Crippen LogP contribution in [0.25, 0.3) is 75.5 Å². The summed E-state index contributed by atoms with van der Waals surface area (Å²) in [7, 11) is 0. The van der Waals surface area contributed by atoms with Crippen LogP contribution in [0.5, 0.6) is 0 Å². The van der Waals surface area contributed by atoms with Gasteiger partial charge in [0, 0.05) is 42.7 Å². The second kappa shape index (κ2) is 16.1. The van der Waals surface area contributed by atoms with E-state index in [4.69, 9.17) is 0 Å². The van der Waals surface area contributed by atoms with Gasteiger partial charge in [-0.05, 0) is 104 Å². The lowest BCUT2D eigenvalue weighted by molar-refractivity contribution is 0.460. The van der Waals surface area contributed by atoms with Crippen molar-refractivity contribution in [3.63, 3.8) is 0 Å². The number of hydrogen-bond acceptors (Lipinski definition) is 2. The Morgan fingerprint density at radius 3 is 1.70 bits per heavy atom. The van der Waals surface area contributed by atoms with Crippen molar-refractivity contribution in [1.29, 1.82) is 0 Å². The molecule has 0 amide bonds. The van der Waals surface area contributed by atoms with Crippen LogP contribution in [-0.2, 0) is 5.41 Å². The zero-order valence-electron chi connectivity index (χ0n) is 36.9. The summed E-state index contributed by atoms with van der Waals surface area (Å²) < 4.78 is 2.64. The predicted octanol–water partition coefficient (Wildman–Crippen LogP) is 18.1. The fourth-order valence-corrected chi connectivity index (χ4v) is 12.7. The first-order chi connectivity index (χ1) is 33.3. The number of benzene rings is 10. The van der Waals surface area contributed by atoms with Gasteiger partial charge in [0.15, 0.2) is 0 Å². The minimum absolute atomic E-state index is 0.177. The standard InChI is InChI=1S/C65H45NS/c1-5-20-44(21-6-1)45-36-40-50(41-37-45)66(51-42-38-46(39-43-51)52-32-19-33-56-53-28-16-18-35-59(53)67-64(52)56)63-60(47-22-7-2-8-23-47)54-29-13-14-30-55(54)62-61(63)57-31-15-17-34-58(57)65(62,48-24-9-3-10-25-48)49-26-11-4-12-27-49/h1-26,28-43,49H,27H2. The second-order valence-electron chi connectivity index (χ2n) is 17.8. The van der Waals surface area contributed by atoms with Crippen LogP contribution in [0.3, 0.4) is 0 Å². The predicted molar refractivity (Wildman–Crippen MR) is 286 cm³/mol. The summed E-state index contributed by atoms with van der Waals surface area (Å²) >= 11 is 1.88. The van der Waals surface area contributed by atoms with E-state index >= 15 is 0 Å². The molecule has 0 aliphatic heterocycles. The summed E-state index contributed by atoms with van der Waals surface area (Å²) in [6.07, 6.45) is 10.2. The molecule has 67 heavy (non-hydrogen) atoms. The van der Waals surface area contributed by atoms with Gasteiger partial charge in [0.25, 0.3) is 0 Å². The minimum Gasteiger partial charge on any atom is -0.309 e. The largest absolute Gasteiger partial charge is 0.309 e. The first-order valence-corrected chi connectivity index (χ1v) is 24.2. The second-order valence-corrected chi connectivity index (χ2v) is 18.9. The first kappa shape index (κ1) is 39.3. The lowest BCUT2D eigenvalue weighted by Gasteiger charge is -2.41. The van der Waals surface area contributed by atoms with E-state index in [9.17, 15) is 0 Å². The molecule has 2 heteroatoms. The van der Waals surface area contributed by atoms with Gasteiger partial charge in [0.2, 0.25) is 0 Å². The normalized spacial score (nSPS) is 16.1. The monoisotopic (exact) mass is 871 g/mol. The fraction of sp³-hybridized carbons (Fsp3) is 0.0462. The molecule has 1 nitrogen and oxygen atoms in total. The molecule has 13 rings (SSSR count). The molecule has 0 saturated heterocycles. The average molecular weight is 872 g/mol. The van der Waals surface area contributed by atoms with Crippen molar-refractivity contribution in [3.05, 3.63) is 272 Å². The minimum atomic E-state index is -0.479. The zero-order valence-corrected chi connectivity index (χ0v) is 37.7. The molecular formula is C65H45NS. The van der Waals surface area contributed by atoms with Crippen molar-refractivity contribution in [2.45, 2.75) is 11.8 Å². The van der Waals surface area contributed by atoms with E-state index < -0.39 is 5.41 Å². The van der Waals surface area contributed by atoms with Gasteiger partial charge < -0.3 is 4.90 Å². The summed E-state index contributed by atoms with van der Waals surface area (Å²) in [5.41, 5.74) is 16.8. The Kier molecular flexibility index (Phi) is 9.47. The number of hydrogen-bond donors (Lipinski definition) is 0. The quantitative estimate of drug-likeness (QED) is 0.147. The highest BCUT2D eigenvalue weighted by Crippen LogP contribution is 2.65. The molecule has 11 aromatic rings.